The molecular formula is C24H25ClN10O2. The Morgan fingerprint density at radius 1 is 1.27 bits per heavy atom. The molecule has 1 aromatic carbocycles. The van der Waals surface area contributed by atoms with Gasteiger partial charge in [0.05, 0.1) is 31.0 Å². The van der Waals surface area contributed by atoms with Crippen LogP contribution < -0.4 is 10.9 Å². The van der Waals surface area contributed by atoms with E-state index >= 15 is 0 Å². The number of hydrogen-bond acceptors (Lipinski definition) is 8. The molecule has 0 aliphatic rings. The molecule has 5 rings (SSSR count). The Hall–Kier alpha value is -4.32. The predicted molar refractivity (Wildman–Crippen MR) is 140 cm³/mol. The number of hydrogen-bond donors (Lipinski definition) is 1. The number of anilines is 1. The van der Waals surface area contributed by atoms with Gasteiger partial charge in [0.1, 0.15) is 17.2 Å². The van der Waals surface area contributed by atoms with Crippen LogP contribution in [0.4, 0.5) is 5.69 Å². The molecule has 13 heteroatoms. The lowest BCUT2D eigenvalue weighted by Crippen LogP contribution is -2.26. The number of carbonyl (C=O) groups excluding carboxylic acids is 1. The Morgan fingerprint density at radius 2 is 2.11 bits per heavy atom. The summed E-state index contributed by atoms with van der Waals surface area (Å²) in [7, 11) is 0. The van der Waals surface area contributed by atoms with Gasteiger partial charge in [-0.1, -0.05) is 17.7 Å². The number of nitrogens with zero attached hydrogens (tertiary/aromatic N) is 9. The molecule has 0 radical (unpaired) electrons. The number of fused-ring (bicyclic) bond motifs is 3. The van der Waals surface area contributed by atoms with Gasteiger partial charge in [-0.3, -0.25) is 18.6 Å². The van der Waals surface area contributed by atoms with Crippen LogP contribution in [0.25, 0.3) is 28.1 Å². The maximum Gasteiger partial charge on any atom is 0.275 e. The zero-order chi connectivity index (χ0) is 37.5. The molecule has 1 N–H and O–H groups in total. The molecule has 1 unspecified atom stereocenters. The number of imidazole rings is 1. The first-order valence-electron chi connectivity index (χ1n) is 16.9. The highest BCUT2D eigenvalue weighted by Crippen LogP contribution is 2.32. The van der Waals surface area contributed by atoms with Crippen LogP contribution in [-0.2, 0) is 14.0 Å². The summed E-state index contributed by atoms with van der Waals surface area (Å²) in [6.07, 6.45) is 0.908. The van der Waals surface area contributed by atoms with Crippen LogP contribution in [0, 0.1) is 6.92 Å². The number of carbonyl (C=O) groups is 1. The average molecular weight is 534 g/mol. The number of pyridine rings is 1. The number of aromatic nitrogens is 8. The fraction of sp³-hybridized carbons (Fsp3) is 0.292. The molecule has 0 spiro atoms. The summed E-state index contributed by atoms with van der Waals surface area (Å²) in [5.41, 5.74) is -2.72. The summed E-state index contributed by atoms with van der Waals surface area (Å²) in [4.78, 5) is 35.6. The number of rotatable bonds is 5. The van der Waals surface area contributed by atoms with E-state index in [9.17, 15) is 11.0 Å². The molecule has 0 bridgehead atoms. The third-order valence-corrected chi connectivity index (χ3v) is 5.71. The van der Waals surface area contributed by atoms with E-state index in [1.54, 1.807) is 6.92 Å². The SMILES string of the molecule is [2H]C(C)(Nc1ccc(Cl)nc1-c1nnn(C([2H])([2H])[2H])n1)c1cc(C)cc2c(=O)n(C([2H])([2H])[2H])c3c(C(=O)N(C([2H])([2H])[2H])C([2H])([2H])[2H])ncn3c12. The number of halogens is 1. The highest BCUT2D eigenvalue weighted by atomic mass is 35.5. The highest BCUT2D eigenvalue weighted by molar-refractivity contribution is 6.29. The van der Waals surface area contributed by atoms with E-state index in [0.717, 1.165) is 10.7 Å². The van der Waals surface area contributed by atoms with E-state index in [1.165, 1.54) is 31.2 Å². The van der Waals surface area contributed by atoms with Crippen molar-refractivity contribution in [2.24, 2.45) is 14.0 Å². The first-order chi connectivity index (χ1) is 22.7. The van der Waals surface area contributed by atoms with Gasteiger partial charge in [-0.15, -0.1) is 10.2 Å². The topological polar surface area (TPSA) is 128 Å². The standard InChI is InChI=1S/C24H25ClN10O2/c1-12-9-14(13(2)27-16-7-8-17(25)28-18(16)21-29-31-34(6)30-21)20-15(10-12)23(36)33(5)22-19(24(37)32(3)4)26-11-35(20)22/h7-11,13,27H,1-6H3/i3D3,4D3,5D3,6D3,13D. The summed E-state index contributed by atoms with van der Waals surface area (Å²) in [5.74, 6) is -1.98. The van der Waals surface area contributed by atoms with Crippen LogP contribution in [0.2, 0.25) is 5.15 Å². The van der Waals surface area contributed by atoms with Crippen molar-refractivity contribution in [3.8, 4) is 11.5 Å². The Labute approximate surface area is 234 Å². The van der Waals surface area contributed by atoms with E-state index in [4.69, 9.17) is 28.1 Å². The molecule has 0 aliphatic carbocycles. The van der Waals surface area contributed by atoms with E-state index in [-0.39, 0.29) is 43.4 Å². The molecule has 190 valence electrons. The quantitative estimate of drug-likeness (QED) is 0.341. The number of tetrazole rings is 1. The van der Waals surface area contributed by atoms with Gasteiger partial charge >= 0.3 is 0 Å². The average Bonchev–Trinajstić information content (AvgIpc) is 3.60. The fourth-order valence-electron chi connectivity index (χ4n) is 3.97. The molecule has 12 nitrogen and oxygen atoms in total. The Balaban J connectivity index is 1.80. The van der Waals surface area contributed by atoms with Crippen LogP contribution in [0.1, 0.15) is 52.4 Å². The van der Waals surface area contributed by atoms with E-state index < -0.39 is 61.6 Å². The molecule has 4 aromatic heterocycles. The first kappa shape index (κ1) is 13.3. The van der Waals surface area contributed by atoms with Gasteiger partial charge < -0.3 is 10.2 Å². The number of nitrogens with one attached hydrogen (secondary N) is 1. The van der Waals surface area contributed by atoms with Crippen molar-refractivity contribution < 1.29 is 22.6 Å². The molecule has 0 saturated heterocycles. The van der Waals surface area contributed by atoms with Crippen LogP contribution in [0.15, 0.2) is 35.4 Å². The summed E-state index contributed by atoms with van der Waals surface area (Å²) >= 11 is 6.12. The molecule has 37 heavy (non-hydrogen) atoms. The van der Waals surface area contributed by atoms with Crippen LogP contribution in [0.5, 0.6) is 0 Å². The molecule has 1 atom stereocenters. The maximum absolute atomic E-state index is 14.0. The largest absolute Gasteiger partial charge is 0.377 e. The van der Waals surface area contributed by atoms with E-state index in [1.807, 2.05) is 0 Å². The molecule has 1 amide bonds. The lowest BCUT2D eigenvalue weighted by atomic mass is 10.0. The van der Waals surface area contributed by atoms with Crippen LogP contribution >= 0.6 is 11.6 Å². The molecular weight excluding hydrogens is 496 g/mol. The lowest BCUT2D eigenvalue weighted by molar-refractivity contribution is 0.0824. The third kappa shape index (κ3) is 4.08. The fourth-order valence-corrected chi connectivity index (χ4v) is 4.11. The second-order valence-electron chi connectivity index (χ2n) is 7.96. The van der Waals surface area contributed by atoms with Gasteiger partial charge in [0.2, 0.25) is 5.82 Å². The number of amides is 1. The van der Waals surface area contributed by atoms with Gasteiger partial charge in [-0.25, -0.2) is 9.97 Å². The highest BCUT2D eigenvalue weighted by Gasteiger charge is 2.24. The lowest BCUT2D eigenvalue weighted by Gasteiger charge is -2.21. The number of benzene rings is 1. The van der Waals surface area contributed by atoms with Crippen LogP contribution in [-0.4, -0.2) is 63.9 Å². The van der Waals surface area contributed by atoms with Crippen molar-refractivity contribution in [1.82, 2.24) is 44.0 Å². The zero-order valence-corrected chi connectivity index (χ0v) is 19.9. The minimum absolute atomic E-state index is 0.00723. The third-order valence-electron chi connectivity index (χ3n) is 5.50. The smallest absolute Gasteiger partial charge is 0.275 e. The molecule has 0 saturated carbocycles. The van der Waals surface area contributed by atoms with Crippen molar-refractivity contribution >= 4 is 39.7 Å². The monoisotopic (exact) mass is 533 g/mol. The van der Waals surface area contributed by atoms with Crippen molar-refractivity contribution in [1.29, 1.82) is 0 Å². The molecule has 5 aromatic rings. The summed E-state index contributed by atoms with van der Waals surface area (Å²) in [6, 6.07) is 3.58. The molecule has 0 fully saturated rings. The maximum atomic E-state index is 14.0. The van der Waals surface area contributed by atoms with Crippen molar-refractivity contribution in [2.75, 3.05) is 19.3 Å². The summed E-state index contributed by atoms with van der Waals surface area (Å²) in [5, 5.41) is 13.8. The van der Waals surface area contributed by atoms with Crippen molar-refractivity contribution in [3.63, 3.8) is 0 Å². The second-order valence-corrected chi connectivity index (χ2v) is 8.35. The van der Waals surface area contributed by atoms with E-state index in [2.05, 4.69) is 30.7 Å². The second kappa shape index (κ2) is 8.96. The zero-order valence-electron chi connectivity index (χ0n) is 32.1. The minimum atomic E-state index is -3.53. The van der Waals surface area contributed by atoms with Gasteiger partial charge in [-0.05, 0) is 48.4 Å². The molecule has 4 heterocycles. The van der Waals surface area contributed by atoms with Gasteiger partial charge in [0.25, 0.3) is 11.5 Å². The summed E-state index contributed by atoms with van der Waals surface area (Å²) < 4.78 is 104. The Morgan fingerprint density at radius 3 is 2.84 bits per heavy atom. The van der Waals surface area contributed by atoms with E-state index in [0.29, 0.717) is 10.4 Å². The Kier molecular flexibility index (Phi) is 3.22. The first-order valence-corrected chi connectivity index (χ1v) is 10.8. The minimum Gasteiger partial charge on any atom is -0.377 e. The van der Waals surface area contributed by atoms with Gasteiger partial charge in [-0.2, -0.15) is 4.80 Å². The van der Waals surface area contributed by atoms with Gasteiger partial charge in [0.15, 0.2) is 11.3 Å². The molecule has 0 aliphatic heterocycles. The van der Waals surface area contributed by atoms with Crippen molar-refractivity contribution in [3.05, 3.63) is 62.9 Å². The van der Waals surface area contributed by atoms with Gasteiger partial charge in [0, 0.05) is 37.4 Å². The normalized spacial score (nSPS) is 19.7. The Bertz CT molecular complexity index is 2200. The van der Waals surface area contributed by atoms with Crippen molar-refractivity contribution in [2.45, 2.75) is 19.9 Å². The predicted octanol–water partition coefficient (Wildman–Crippen LogP) is 2.61. The summed E-state index contributed by atoms with van der Waals surface area (Å²) in [6.45, 7) is -10.2. The number of aryl methyl sites for hydroxylation is 3. The van der Waals surface area contributed by atoms with Crippen LogP contribution in [0.3, 0.4) is 0 Å².